The summed E-state index contributed by atoms with van der Waals surface area (Å²) in [6, 6.07) is 22.6. The second kappa shape index (κ2) is 9.30. The summed E-state index contributed by atoms with van der Waals surface area (Å²) in [6.07, 6.45) is -0.0326. The van der Waals surface area contributed by atoms with Gasteiger partial charge in [0.05, 0.1) is 4.58 Å². The van der Waals surface area contributed by atoms with Gasteiger partial charge in [0.25, 0.3) is 11.8 Å². The Morgan fingerprint density at radius 2 is 1.59 bits per heavy atom. The number of fused-ring (bicyclic) bond motifs is 1. The summed E-state index contributed by atoms with van der Waals surface area (Å²) in [5.74, 6) is 2.62. The molecule has 1 saturated heterocycles. The van der Waals surface area contributed by atoms with Crippen LogP contribution in [0.25, 0.3) is 0 Å². The molecule has 0 bridgehead atoms. The zero-order valence-corrected chi connectivity index (χ0v) is 18.9. The largest absolute Gasteiger partial charge is 0.480 e. The molecule has 2 aliphatic heterocycles. The van der Waals surface area contributed by atoms with Crippen molar-refractivity contribution in [2.45, 2.75) is 17.1 Å². The summed E-state index contributed by atoms with van der Waals surface area (Å²) in [5, 5.41) is 5.85. The first-order chi connectivity index (χ1) is 15.7. The summed E-state index contributed by atoms with van der Waals surface area (Å²) in [7, 11) is 0. The fourth-order valence-electron chi connectivity index (χ4n) is 3.81. The fraction of sp³-hybridized carbons (Fsp3) is 0.200. The maximum Gasteiger partial charge on any atom is 0.265 e. The van der Waals surface area contributed by atoms with Crippen LogP contribution >= 0.6 is 23.5 Å². The highest BCUT2D eigenvalue weighted by Gasteiger charge is 2.28. The van der Waals surface area contributed by atoms with Crippen LogP contribution in [-0.4, -0.2) is 29.4 Å². The van der Waals surface area contributed by atoms with Crippen LogP contribution in [0.3, 0.4) is 0 Å². The van der Waals surface area contributed by atoms with Gasteiger partial charge in [-0.2, -0.15) is 0 Å². The van der Waals surface area contributed by atoms with Crippen LogP contribution in [0.15, 0.2) is 72.8 Å². The monoisotopic (exact) mass is 462 g/mol. The van der Waals surface area contributed by atoms with Crippen LogP contribution < -0.4 is 15.4 Å². The number of hydrogen-bond donors (Lipinski definition) is 2. The molecule has 5 rings (SSSR count). The molecular formula is C25H22N2O3S2. The SMILES string of the molecule is O=C(Nc1cccc(C2SCCS2)c1)c1cccc(NC(=O)C2Cc3ccccc3O2)c1. The Balaban J connectivity index is 1.23. The van der Waals surface area contributed by atoms with Crippen molar-refractivity contribution in [3.05, 3.63) is 89.5 Å². The Morgan fingerprint density at radius 1 is 0.844 bits per heavy atom. The van der Waals surface area contributed by atoms with Crippen molar-refractivity contribution < 1.29 is 14.3 Å². The summed E-state index contributed by atoms with van der Waals surface area (Å²) in [6.45, 7) is 0. The van der Waals surface area contributed by atoms with Gasteiger partial charge < -0.3 is 15.4 Å². The smallest absolute Gasteiger partial charge is 0.265 e. The maximum absolute atomic E-state index is 12.8. The maximum atomic E-state index is 12.8. The van der Waals surface area contributed by atoms with Gasteiger partial charge in [-0.25, -0.2) is 0 Å². The molecule has 0 saturated carbocycles. The predicted molar refractivity (Wildman–Crippen MR) is 132 cm³/mol. The van der Waals surface area contributed by atoms with Gasteiger partial charge in [-0.05, 0) is 47.5 Å². The topological polar surface area (TPSA) is 67.4 Å². The van der Waals surface area contributed by atoms with Gasteiger partial charge in [-0.15, -0.1) is 23.5 Å². The molecule has 5 nitrogen and oxygen atoms in total. The van der Waals surface area contributed by atoms with E-state index in [1.807, 2.05) is 66.0 Å². The van der Waals surface area contributed by atoms with E-state index in [1.165, 1.54) is 5.56 Å². The number of para-hydroxylation sites is 1. The minimum Gasteiger partial charge on any atom is -0.480 e. The molecule has 1 fully saturated rings. The Labute approximate surface area is 195 Å². The highest BCUT2D eigenvalue weighted by molar-refractivity contribution is 8.19. The molecule has 2 aliphatic rings. The average molecular weight is 463 g/mol. The van der Waals surface area contributed by atoms with Crippen molar-refractivity contribution in [2.24, 2.45) is 0 Å². The normalized spacial score (nSPS) is 17.4. The summed E-state index contributed by atoms with van der Waals surface area (Å²) >= 11 is 3.87. The van der Waals surface area contributed by atoms with E-state index >= 15 is 0 Å². The summed E-state index contributed by atoms with van der Waals surface area (Å²) in [5.41, 5.74) is 4.06. The molecule has 7 heteroatoms. The third-order valence-electron chi connectivity index (χ3n) is 5.37. The van der Waals surface area contributed by atoms with Crippen LogP contribution in [0.4, 0.5) is 11.4 Å². The molecule has 1 unspecified atom stereocenters. The number of hydrogen-bond acceptors (Lipinski definition) is 5. The lowest BCUT2D eigenvalue weighted by Gasteiger charge is -2.13. The summed E-state index contributed by atoms with van der Waals surface area (Å²) in [4.78, 5) is 25.5. The van der Waals surface area contributed by atoms with Crippen LogP contribution in [-0.2, 0) is 11.2 Å². The molecule has 0 aliphatic carbocycles. The second-order valence-corrected chi connectivity index (χ2v) is 10.4. The van der Waals surface area contributed by atoms with E-state index in [4.69, 9.17) is 4.74 Å². The van der Waals surface area contributed by atoms with Gasteiger partial charge >= 0.3 is 0 Å². The molecule has 2 heterocycles. The molecular weight excluding hydrogens is 440 g/mol. The average Bonchev–Trinajstić information content (AvgIpc) is 3.50. The zero-order chi connectivity index (χ0) is 21.9. The number of carbonyl (C=O) groups is 2. The van der Waals surface area contributed by atoms with Crippen molar-refractivity contribution in [1.82, 2.24) is 0 Å². The Morgan fingerprint density at radius 3 is 2.41 bits per heavy atom. The predicted octanol–water partition coefficient (Wildman–Crippen LogP) is 5.36. The van der Waals surface area contributed by atoms with Crippen molar-refractivity contribution in [2.75, 3.05) is 22.1 Å². The molecule has 2 N–H and O–H groups in total. The second-order valence-electron chi connectivity index (χ2n) is 7.64. The van der Waals surface area contributed by atoms with Gasteiger partial charge in [0.1, 0.15) is 5.75 Å². The number of benzene rings is 3. The van der Waals surface area contributed by atoms with Crippen LogP contribution in [0.1, 0.15) is 26.1 Å². The van der Waals surface area contributed by atoms with E-state index in [9.17, 15) is 9.59 Å². The van der Waals surface area contributed by atoms with Crippen LogP contribution in [0, 0.1) is 0 Å². The van der Waals surface area contributed by atoms with Gasteiger partial charge in [-0.1, -0.05) is 36.4 Å². The van der Waals surface area contributed by atoms with Gasteiger partial charge in [-0.3, -0.25) is 9.59 Å². The fourth-order valence-corrected chi connectivity index (χ4v) is 6.64. The molecule has 3 aromatic rings. The number of anilines is 2. The van der Waals surface area contributed by atoms with Gasteiger partial charge in [0, 0.05) is 34.9 Å². The molecule has 0 spiro atoms. The Kier molecular flexibility index (Phi) is 6.10. The first-order valence-electron chi connectivity index (χ1n) is 10.5. The first-order valence-corrected chi connectivity index (χ1v) is 12.6. The molecule has 1 atom stereocenters. The first kappa shape index (κ1) is 21.0. The third kappa shape index (κ3) is 4.64. The molecule has 2 amide bonds. The van der Waals surface area contributed by atoms with E-state index in [-0.39, 0.29) is 11.8 Å². The van der Waals surface area contributed by atoms with E-state index in [1.54, 1.807) is 24.3 Å². The minimum absolute atomic E-state index is 0.213. The number of carbonyl (C=O) groups excluding carboxylic acids is 2. The molecule has 0 aromatic heterocycles. The molecule has 0 radical (unpaired) electrons. The molecule has 32 heavy (non-hydrogen) atoms. The Bertz CT molecular complexity index is 1140. The van der Waals surface area contributed by atoms with E-state index < -0.39 is 6.10 Å². The number of ether oxygens (including phenoxy) is 1. The van der Waals surface area contributed by atoms with E-state index in [0.29, 0.717) is 22.3 Å². The lowest BCUT2D eigenvalue weighted by atomic mass is 10.1. The number of amides is 2. The number of rotatable bonds is 5. The van der Waals surface area contributed by atoms with Crippen molar-refractivity contribution in [3.8, 4) is 5.75 Å². The lowest BCUT2D eigenvalue weighted by Crippen LogP contribution is -2.31. The zero-order valence-electron chi connectivity index (χ0n) is 17.2. The van der Waals surface area contributed by atoms with Crippen molar-refractivity contribution in [1.29, 1.82) is 0 Å². The van der Waals surface area contributed by atoms with Crippen molar-refractivity contribution >= 4 is 46.7 Å². The van der Waals surface area contributed by atoms with E-state index in [0.717, 1.165) is 28.5 Å². The van der Waals surface area contributed by atoms with E-state index in [2.05, 4.69) is 16.7 Å². The Hall–Kier alpha value is -2.90. The highest BCUT2D eigenvalue weighted by atomic mass is 32.2. The summed E-state index contributed by atoms with van der Waals surface area (Å²) < 4.78 is 6.18. The van der Waals surface area contributed by atoms with Crippen LogP contribution in [0.2, 0.25) is 0 Å². The standard InChI is InChI=1S/C25H22N2O3S2/c28-23(26-20-9-4-7-18(14-20)25-31-11-12-32-25)17-6-3-8-19(13-17)27-24(29)22-15-16-5-1-2-10-21(16)30-22/h1-10,13-14,22,25H,11-12,15H2,(H,26,28)(H,27,29). The highest BCUT2D eigenvalue weighted by Crippen LogP contribution is 2.45. The minimum atomic E-state index is -0.570. The van der Waals surface area contributed by atoms with Crippen molar-refractivity contribution in [3.63, 3.8) is 0 Å². The molecule has 162 valence electrons. The number of thioether (sulfide) groups is 2. The van der Waals surface area contributed by atoms with Gasteiger partial charge in [0.15, 0.2) is 6.10 Å². The third-order valence-corrected chi connectivity index (χ3v) is 8.47. The van der Waals surface area contributed by atoms with Gasteiger partial charge in [0.2, 0.25) is 0 Å². The quantitative estimate of drug-likeness (QED) is 0.534. The number of nitrogens with one attached hydrogen (secondary N) is 2. The lowest BCUT2D eigenvalue weighted by molar-refractivity contribution is -0.122. The van der Waals surface area contributed by atoms with Crippen LogP contribution in [0.5, 0.6) is 5.75 Å². The molecule has 3 aromatic carbocycles.